The van der Waals surface area contributed by atoms with Crippen LogP contribution in [0, 0.1) is 0 Å². The first kappa shape index (κ1) is 15.0. The van der Waals surface area contributed by atoms with Gasteiger partial charge in [-0.3, -0.25) is 4.98 Å². The van der Waals surface area contributed by atoms with Crippen LogP contribution in [0.25, 0.3) is 0 Å². The highest BCUT2D eigenvalue weighted by atomic mass is 79.9. The Morgan fingerprint density at radius 3 is 2.60 bits per heavy atom. The molecule has 0 atom stereocenters. The van der Waals surface area contributed by atoms with E-state index >= 15 is 0 Å². The van der Waals surface area contributed by atoms with E-state index in [2.05, 4.69) is 47.0 Å². The first-order valence-electron chi connectivity index (χ1n) is 6.56. The van der Waals surface area contributed by atoms with Crippen LogP contribution in [-0.2, 0) is 6.54 Å². The molecule has 20 heavy (non-hydrogen) atoms. The van der Waals surface area contributed by atoms with E-state index in [1.165, 1.54) is 0 Å². The number of hydrogen-bond acceptors (Lipinski definition) is 3. The predicted molar refractivity (Wildman–Crippen MR) is 85.0 cm³/mol. The second-order valence-corrected chi connectivity index (χ2v) is 6.56. The number of pyridine rings is 1. The molecule has 0 aliphatic heterocycles. The maximum atomic E-state index is 5.83. The van der Waals surface area contributed by atoms with E-state index < -0.39 is 0 Å². The van der Waals surface area contributed by atoms with Crippen molar-refractivity contribution in [1.29, 1.82) is 0 Å². The van der Waals surface area contributed by atoms with E-state index in [-0.39, 0.29) is 5.54 Å². The molecule has 1 N–H and O–H groups in total. The predicted octanol–water partition coefficient (Wildman–Crippen LogP) is 4.52. The molecule has 0 amide bonds. The number of halogens is 1. The van der Waals surface area contributed by atoms with E-state index in [1.807, 2.05) is 36.4 Å². The van der Waals surface area contributed by atoms with E-state index in [4.69, 9.17) is 4.74 Å². The van der Waals surface area contributed by atoms with E-state index in [0.717, 1.165) is 28.2 Å². The Kier molecular flexibility index (Phi) is 4.78. The van der Waals surface area contributed by atoms with Gasteiger partial charge in [-0.25, -0.2) is 0 Å². The van der Waals surface area contributed by atoms with Gasteiger partial charge in [0.05, 0.1) is 5.69 Å². The second-order valence-electron chi connectivity index (χ2n) is 5.65. The van der Waals surface area contributed by atoms with Crippen LogP contribution in [-0.4, -0.2) is 10.5 Å². The van der Waals surface area contributed by atoms with Gasteiger partial charge < -0.3 is 10.1 Å². The molecular formula is C16H19BrN2O. The van der Waals surface area contributed by atoms with Gasteiger partial charge in [0.25, 0.3) is 0 Å². The first-order valence-corrected chi connectivity index (χ1v) is 7.35. The monoisotopic (exact) mass is 334 g/mol. The molecule has 0 radical (unpaired) electrons. The van der Waals surface area contributed by atoms with Crippen molar-refractivity contribution in [3.63, 3.8) is 0 Å². The number of rotatable bonds is 4. The van der Waals surface area contributed by atoms with Gasteiger partial charge in [0.2, 0.25) is 0 Å². The molecule has 0 saturated carbocycles. The Labute approximate surface area is 128 Å². The van der Waals surface area contributed by atoms with Crippen LogP contribution in [0.15, 0.2) is 47.1 Å². The lowest BCUT2D eigenvalue weighted by atomic mass is 10.1. The molecule has 2 rings (SSSR count). The van der Waals surface area contributed by atoms with E-state index in [0.29, 0.717) is 0 Å². The molecule has 0 aliphatic rings. The minimum Gasteiger partial charge on any atom is -0.457 e. The normalized spacial score (nSPS) is 11.4. The molecule has 4 heteroatoms. The van der Waals surface area contributed by atoms with Gasteiger partial charge in [0.15, 0.2) is 0 Å². The SMILES string of the molecule is CC(C)(C)NCc1cc(Oc2cccc(Br)c2)ccn1. The van der Waals surface area contributed by atoms with Gasteiger partial charge in [-0.15, -0.1) is 0 Å². The van der Waals surface area contributed by atoms with Crippen LogP contribution in [0.1, 0.15) is 26.5 Å². The Morgan fingerprint density at radius 1 is 1.15 bits per heavy atom. The molecule has 3 nitrogen and oxygen atoms in total. The van der Waals surface area contributed by atoms with Gasteiger partial charge in [0.1, 0.15) is 11.5 Å². The zero-order valence-corrected chi connectivity index (χ0v) is 13.6. The van der Waals surface area contributed by atoms with Crippen LogP contribution in [0.2, 0.25) is 0 Å². The standard InChI is InChI=1S/C16H19BrN2O/c1-16(2,3)19-11-13-10-15(7-8-18-13)20-14-6-4-5-12(17)9-14/h4-10,19H,11H2,1-3H3. The molecule has 0 unspecified atom stereocenters. The van der Waals surface area contributed by atoms with Crippen molar-refractivity contribution in [2.24, 2.45) is 0 Å². The maximum Gasteiger partial charge on any atom is 0.130 e. The summed E-state index contributed by atoms with van der Waals surface area (Å²) in [5.74, 6) is 1.60. The molecule has 106 valence electrons. The summed E-state index contributed by atoms with van der Waals surface area (Å²) in [5.41, 5.74) is 1.04. The average Bonchev–Trinajstić information content (AvgIpc) is 2.36. The third-order valence-electron chi connectivity index (χ3n) is 2.62. The third-order valence-corrected chi connectivity index (χ3v) is 3.11. The third kappa shape index (κ3) is 4.94. The zero-order chi connectivity index (χ0) is 14.6. The number of nitrogens with one attached hydrogen (secondary N) is 1. The largest absolute Gasteiger partial charge is 0.457 e. The van der Waals surface area contributed by atoms with Crippen molar-refractivity contribution in [1.82, 2.24) is 10.3 Å². The lowest BCUT2D eigenvalue weighted by molar-refractivity contribution is 0.419. The summed E-state index contributed by atoms with van der Waals surface area (Å²) in [7, 11) is 0. The van der Waals surface area contributed by atoms with Crippen molar-refractivity contribution in [3.05, 3.63) is 52.8 Å². The Balaban J connectivity index is 2.06. The Hall–Kier alpha value is -1.39. The minimum absolute atomic E-state index is 0.0723. The summed E-state index contributed by atoms with van der Waals surface area (Å²) in [6.45, 7) is 7.12. The molecule has 0 bridgehead atoms. The fraction of sp³-hybridized carbons (Fsp3) is 0.312. The smallest absolute Gasteiger partial charge is 0.130 e. The highest BCUT2D eigenvalue weighted by Crippen LogP contribution is 2.24. The lowest BCUT2D eigenvalue weighted by Gasteiger charge is -2.20. The molecule has 1 aromatic carbocycles. The number of ether oxygens (including phenoxy) is 1. The molecule has 0 aliphatic carbocycles. The number of aromatic nitrogens is 1. The van der Waals surface area contributed by atoms with Crippen molar-refractivity contribution in [3.8, 4) is 11.5 Å². The lowest BCUT2D eigenvalue weighted by Crippen LogP contribution is -2.35. The molecule has 0 saturated heterocycles. The van der Waals surface area contributed by atoms with Gasteiger partial charge in [-0.2, -0.15) is 0 Å². The maximum absolute atomic E-state index is 5.83. The van der Waals surface area contributed by atoms with Gasteiger partial charge in [-0.05, 0) is 45.0 Å². The summed E-state index contributed by atoms with van der Waals surface area (Å²) in [4.78, 5) is 4.35. The van der Waals surface area contributed by atoms with Gasteiger partial charge in [-0.1, -0.05) is 22.0 Å². The summed E-state index contributed by atoms with van der Waals surface area (Å²) in [6.07, 6.45) is 1.77. The van der Waals surface area contributed by atoms with Gasteiger partial charge in [0, 0.05) is 28.8 Å². The summed E-state index contributed by atoms with van der Waals surface area (Å²) < 4.78 is 6.83. The molecule has 0 fully saturated rings. The molecule has 1 heterocycles. The Morgan fingerprint density at radius 2 is 1.90 bits per heavy atom. The summed E-state index contributed by atoms with van der Waals surface area (Å²) in [5, 5.41) is 3.41. The van der Waals surface area contributed by atoms with Gasteiger partial charge >= 0.3 is 0 Å². The second kappa shape index (κ2) is 6.37. The van der Waals surface area contributed by atoms with Crippen LogP contribution in [0.4, 0.5) is 0 Å². The highest BCUT2D eigenvalue weighted by molar-refractivity contribution is 9.10. The topological polar surface area (TPSA) is 34.1 Å². The van der Waals surface area contributed by atoms with Crippen molar-refractivity contribution in [2.45, 2.75) is 32.9 Å². The fourth-order valence-electron chi connectivity index (χ4n) is 1.64. The van der Waals surface area contributed by atoms with Crippen molar-refractivity contribution >= 4 is 15.9 Å². The average molecular weight is 335 g/mol. The minimum atomic E-state index is 0.0723. The Bertz CT molecular complexity index is 579. The molecule has 1 aromatic heterocycles. The van der Waals surface area contributed by atoms with Crippen LogP contribution in [0.5, 0.6) is 11.5 Å². The van der Waals surface area contributed by atoms with E-state index in [1.54, 1.807) is 6.20 Å². The number of benzene rings is 1. The first-order chi connectivity index (χ1) is 9.42. The van der Waals surface area contributed by atoms with Crippen LogP contribution < -0.4 is 10.1 Å². The fourth-order valence-corrected chi connectivity index (χ4v) is 2.02. The number of nitrogens with zero attached hydrogens (tertiary/aromatic N) is 1. The molecule has 0 spiro atoms. The summed E-state index contributed by atoms with van der Waals surface area (Å²) >= 11 is 3.43. The quantitative estimate of drug-likeness (QED) is 0.892. The van der Waals surface area contributed by atoms with E-state index in [9.17, 15) is 0 Å². The van der Waals surface area contributed by atoms with Crippen molar-refractivity contribution < 1.29 is 4.74 Å². The summed E-state index contributed by atoms with van der Waals surface area (Å²) in [6, 6.07) is 11.6. The highest BCUT2D eigenvalue weighted by Gasteiger charge is 2.09. The zero-order valence-electron chi connectivity index (χ0n) is 12.0. The van der Waals surface area contributed by atoms with Crippen molar-refractivity contribution in [2.75, 3.05) is 0 Å². The molecular weight excluding hydrogens is 316 g/mol. The molecule has 2 aromatic rings. The number of hydrogen-bond donors (Lipinski definition) is 1. The van der Waals surface area contributed by atoms with Crippen LogP contribution in [0.3, 0.4) is 0 Å². The van der Waals surface area contributed by atoms with Crippen LogP contribution >= 0.6 is 15.9 Å².